The number of halogens is 1. The molecule has 1 heterocycles. The summed E-state index contributed by atoms with van der Waals surface area (Å²) in [6, 6.07) is 21.4. The summed E-state index contributed by atoms with van der Waals surface area (Å²) in [6.45, 7) is 0. The number of ether oxygens (including phenoxy) is 2. The van der Waals surface area contributed by atoms with E-state index >= 15 is 0 Å². The van der Waals surface area contributed by atoms with Crippen molar-refractivity contribution >= 4 is 17.5 Å². The molecular formula is C27H22FNO4. The lowest BCUT2D eigenvalue weighted by molar-refractivity contribution is -0.168. The third-order valence-corrected chi connectivity index (χ3v) is 7.57. The lowest BCUT2D eigenvalue weighted by Crippen LogP contribution is -2.60. The summed E-state index contributed by atoms with van der Waals surface area (Å²) in [5, 5.41) is 0. The third-order valence-electron chi connectivity index (χ3n) is 7.57. The molecule has 166 valence electrons. The number of hydrogen-bond donors (Lipinski definition) is 0. The van der Waals surface area contributed by atoms with Gasteiger partial charge in [0, 0.05) is 20.1 Å². The Bertz CT molecular complexity index is 1240. The van der Waals surface area contributed by atoms with Crippen molar-refractivity contribution in [2.75, 3.05) is 19.1 Å². The minimum atomic E-state index is -1.00. The van der Waals surface area contributed by atoms with Gasteiger partial charge in [-0.05, 0) is 46.5 Å². The average Bonchev–Trinajstić information content (AvgIpc) is 3.12. The van der Waals surface area contributed by atoms with E-state index in [1.54, 1.807) is 14.2 Å². The molecule has 0 spiro atoms. The Kier molecular flexibility index (Phi) is 4.34. The van der Waals surface area contributed by atoms with Crippen LogP contribution < -0.4 is 4.90 Å². The molecule has 4 aliphatic rings. The van der Waals surface area contributed by atoms with E-state index in [9.17, 15) is 14.0 Å². The Hall–Kier alpha value is -3.35. The van der Waals surface area contributed by atoms with Gasteiger partial charge in [0.15, 0.2) is 6.29 Å². The van der Waals surface area contributed by atoms with E-state index in [-0.39, 0.29) is 17.7 Å². The van der Waals surface area contributed by atoms with Crippen molar-refractivity contribution in [3.05, 3.63) is 101 Å². The zero-order valence-corrected chi connectivity index (χ0v) is 18.2. The molecule has 2 bridgehead atoms. The quantitative estimate of drug-likeness (QED) is 0.452. The second kappa shape index (κ2) is 7.07. The second-order valence-electron chi connectivity index (χ2n) is 8.82. The van der Waals surface area contributed by atoms with Crippen molar-refractivity contribution in [2.24, 2.45) is 11.8 Å². The van der Waals surface area contributed by atoms with Crippen molar-refractivity contribution in [3.8, 4) is 0 Å². The highest BCUT2D eigenvalue weighted by molar-refractivity contribution is 6.23. The molecule has 1 fully saturated rings. The predicted octanol–water partition coefficient (Wildman–Crippen LogP) is 4.00. The lowest BCUT2D eigenvalue weighted by atomic mass is 9.47. The first-order valence-electron chi connectivity index (χ1n) is 10.9. The first-order chi connectivity index (χ1) is 16.1. The van der Waals surface area contributed by atoms with Crippen LogP contribution in [0.3, 0.4) is 0 Å². The minimum Gasteiger partial charge on any atom is -0.355 e. The molecule has 1 aliphatic heterocycles. The Morgan fingerprint density at radius 3 is 1.91 bits per heavy atom. The van der Waals surface area contributed by atoms with Gasteiger partial charge in [-0.2, -0.15) is 0 Å². The van der Waals surface area contributed by atoms with E-state index in [1.165, 1.54) is 29.2 Å². The van der Waals surface area contributed by atoms with Gasteiger partial charge in [-0.3, -0.25) is 9.59 Å². The lowest BCUT2D eigenvalue weighted by Gasteiger charge is -2.56. The molecule has 2 amide bonds. The molecule has 0 N–H and O–H groups in total. The number of rotatable bonds is 4. The van der Waals surface area contributed by atoms with E-state index < -0.39 is 29.4 Å². The van der Waals surface area contributed by atoms with Crippen LogP contribution in [0.1, 0.15) is 28.2 Å². The van der Waals surface area contributed by atoms with Gasteiger partial charge in [-0.25, -0.2) is 9.29 Å². The SMILES string of the molecule is COC(OC)C12c3ccccc3C(c3ccccc31)[C@@H]1C(=O)N(c3ccc(F)cc3)C(=O)[C@@H]12. The maximum absolute atomic E-state index is 14.1. The van der Waals surface area contributed by atoms with Crippen molar-refractivity contribution in [3.63, 3.8) is 0 Å². The summed E-state index contributed by atoms with van der Waals surface area (Å²) in [4.78, 5) is 29.2. The molecule has 2 atom stereocenters. The average molecular weight is 443 g/mol. The number of amides is 2. The molecule has 0 unspecified atom stereocenters. The molecule has 6 heteroatoms. The molecule has 7 rings (SSSR count). The number of anilines is 1. The highest BCUT2D eigenvalue weighted by atomic mass is 19.1. The maximum Gasteiger partial charge on any atom is 0.239 e. The third kappa shape index (κ3) is 2.37. The van der Waals surface area contributed by atoms with E-state index in [0.717, 1.165) is 22.3 Å². The summed E-state index contributed by atoms with van der Waals surface area (Å²) >= 11 is 0. The van der Waals surface area contributed by atoms with Gasteiger partial charge in [0.25, 0.3) is 0 Å². The summed E-state index contributed by atoms with van der Waals surface area (Å²) in [6.07, 6.45) is -0.793. The minimum absolute atomic E-state index is 0.263. The standard InChI is InChI=1S/C27H22FNO4/c1-32-26(33-2)27-19-9-5-3-7-17(19)21(18-8-4-6-10-20(18)27)22-23(27)25(31)29(24(22)30)16-13-11-15(28)12-14-16/h3-14,21-23,26H,1-2H3/t21?,22-,23+,27?/m0/s1. The van der Waals surface area contributed by atoms with Gasteiger partial charge in [-0.15, -0.1) is 0 Å². The Morgan fingerprint density at radius 1 is 0.818 bits per heavy atom. The summed E-state index contributed by atoms with van der Waals surface area (Å²) in [5.41, 5.74) is 3.29. The van der Waals surface area contributed by atoms with Crippen LogP contribution in [-0.4, -0.2) is 32.3 Å². The number of carbonyl (C=O) groups is 2. The van der Waals surface area contributed by atoms with Crippen LogP contribution in [0.2, 0.25) is 0 Å². The molecule has 3 aliphatic carbocycles. The number of hydrogen-bond acceptors (Lipinski definition) is 4. The van der Waals surface area contributed by atoms with Crippen LogP contribution in [0.4, 0.5) is 10.1 Å². The maximum atomic E-state index is 14.1. The summed E-state index contributed by atoms with van der Waals surface area (Å²) in [5.74, 6) is -2.61. The Labute approximate surface area is 190 Å². The fourth-order valence-electron chi connectivity index (χ4n) is 6.54. The van der Waals surface area contributed by atoms with Crippen molar-refractivity contribution in [1.29, 1.82) is 0 Å². The smallest absolute Gasteiger partial charge is 0.239 e. The van der Waals surface area contributed by atoms with Gasteiger partial charge < -0.3 is 9.47 Å². The fraction of sp³-hybridized carbons (Fsp3) is 0.259. The van der Waals surface area contributed by atoms with Crippen LogP contribution in [0.15, 0.2) is 72.8 Å². The van der Waals surface area contributed by atoms with Gasteiger partial charge in [-0.1, -0.05) is 48.5 Å². The normalized spacial score (nSPS) is 27.0. The zero-order valence-electron chi connectivity index (χ0n) is 18.2. The first kappa shape index (κ1) is 20.3. The van der Waals surface area contributed by atoms with Crippen LogP contribution >= 0.6 is 0 Å². The molecule has 33 heavy (non-hydrogen) atoms. The Morgan fingerprint density at radius 2 is 1.36 bits per heavy atom. The number of imide groups is 1. The first-order valence-corrected chi connectivity index (χ1v) is 10.9. The topological polar surface area (TPSA) is 55.8 Å². The number of nitrogens with zero attached hydrogens (tertiary/aromatic N) is 1. The van der Waals surface area contributed by atoms with Crippen molar-refractivity contribution in [1.82, 2.24) is 0 Å². The number of benzene rings is 3. The number of carbonyl (C=O) groups excluding carboxylic acids is 2. The fourth-order valence-corrected chi connectivity index (χ4v) is 6.54. The molecule has 5 nitrogen and oxygen atoms in total. The van der Waals surface area contributed by atoms with Gasteiger partial charge in [0.1, 0.15) is 5.82 Å². The van der Waals surface area contributed by atoms with E-state index in [4.69, 9.17) is 9.47 Å². The van der Waals surface area contributed by atoms with E-state index in [2.05, 4.69) is 0 Å². The van der Waals surface area contributed by atoms with Crippen LogP contribution in [-0.2, 0) is 24.5 Å². The molecule has 1 saturated heterocycles. The summed E-state index contributed by atoms with van der Waals surface area (Å²) < 4.78 is 25.3. The highest BCUT2D eigenvalue weighted by Gasteiger charge is 2.71. The predicted molar refractivity (Wildman–Crippen MR) is 119 cm³/mol. The van der Waals surface area contributed by atoms with Crippen LogP contribution in [0, 0.1) is 17.7 Å². The van der Waals surface area contributed by atoms with Gasteiger partial charge in [0.05, 0.1) is 22.9 Å². The van der Waals surface area contributed by atoms with Crippen molar-refractivity contribution < 1.29 is 23.5 Å². The molecule has 3 aromatic carbocycles. The number of methoxy groups -OCH3 is 2. The molecule has 0 saturated carbocycles. The van der Waals surface area contributed by atoms with Crippen LogP contribution in [0.5, 0.6) is 0 Å². The molecular weight excluding hydrogens is 421 g/mol. The van der Waals surface area contributed by atoms with E-state index in [1.807, 2.05) is 48.5 Å². The van der Waals surface area contributed by atoms with Gasteiger partial charge in [0.2, 0.25) is 11.8 Å². The molecule has 0 radical (unpaired) electrons. The van der Waals surface area contributed by atoms with Gasteiger partial charge >= 0.3 is 0 Å². The largest absolute Gasteiger partial charge is 0.355 e. The second-order valence-corrected chi connectivity index (χ2v) is 8.82. The van der Waals surface area contributed by atoms with Crippen molar-refractivity contribution in [2.45, 2.75) is 17.6 Å². The molecule has 0 aromatic heterocycles. The summed E-state index contributed by atoms with van der Waals surface area (Å²) in [7, 11) is 3.12. The van der Waals surface area contributed by atoms with E-state index in [0.29, 0.717) is 5.69 Å². The zero-order chi connectivity index (χ0) is 22.9. The van der Waals surface area contributed by atoms with Crippen LogP contribution in [0.25, 0.3) is 0 Å². The highest BCUT2D eigenvalue weighted by Crippen LogP contribution is 2.65. The molecule has 3 aromatic rings. The Balaban J connectivity index is 1.67. The monoisotopic (exact) mass is 443 g/mol.